The lowest BCUT2D eigenvalue weighted by Gasteiger charge is -2.17. The minimum Gasteiger partial charge on any atom is -0.312 e. The highest BCUT2D eigenvalue weighted by molar-refractivity contribution is 6.03. The van der Waals surface area contributed by atoms with Gasteiger partial charge in [-0.1, -0.05) is 23.8 Å². The zero-order valence-corrected chi connectivity index (χ0v) is 13.2. The highest BCUT2D eigenvalue weighted by Gasteiger charge is 2.35. The Hall–Kier alpha value is -2.69. The van der Waals surface area contributed by atoms with Gasteiger partial charge >= 0.3 is 0 Å². The minimum absolute atomic E-state index is 0.0220. The van der Waals surface area contributed by atoms with Gasteiger partial charge in [-0.05, 0) is 38.1 Å². The third-order valence-corrected chi connectivity index (χ3v) is 3.98. The number of hydrogen-bond donors (Lipinski definition) is 1. The number of nitrogens with one attached hydrogen (secondary N) is 1. The van der Waals surface area contributed by atoms with E-state index in [1.807, 2.05) is 50.2 Å². The van der Waals surface area contributed by atoms with Gasteiger partial charge in [-0.25, -0.2) is 4.98 Å². The molecule has 2 aromatic rings. The van der Waals surface area contributed by atoms with E-state index in [0.29, 0.717) is 12.4 Å². The standard InChI is InChI=1S/C18H19N3O2/c1-12-6-8-15(9-7-12)21-11-14(10-17(21)22)18(23)20-16-5-3-4-13(2)19-16/h3-9,14H,10-11H2,1-2H3,(H,19,20,23)/t14-/m1/s1. The van der Waals surface area contributed by atoms with Gasteiger partial charge in [-0.3, -0.25) is 9.59 Å². The van der Waals surface area contributed by atoms with Gasteiger partial charge in [0, 0.05) is 24.3 Å². The van der Waals surface area contributed by atoms with Gasteiger partial charge in [0.05, 0.1) is 5.92 Å². The monoisotopic (exact) mass is 309 g/mol. The number of aromatic nitrogens is 1. The van der Waals surface area contributed by atoms with Crippen LogP contribution in [0.2, 0.25) is 0 Å². The van der Waals surface area contributed by atoms with Crippen molar-refractivity contribution in [3.63, 3.8) is 0 Å². The van der Waals surface area contributed by atoms with Crippen molar-refractivity contribution in [2.24, 2.45) is 5.92 Å². The van der Waals surface area contributed by atoms with E-state index in [0.717, 1.165) is 16.9 Å². The molecule has 1 aliphatic rings. The predicted molar refractivity (Wildman–Crippen MR) is 89.2 cm³/mol. The Kier molecular flexibility index (Phi) is 4.10. The molecule has 1 N–H and O–H groups in total. The molecule has 118 valence electrons. The molecule has 0 aliphatic carbocycles. The van der Waals surface area contributed by atoms with Crippen molar-refractivity contribution in [1.29, 1.82) is 0 Å². The molecule has 0 unspecified atom stereocenters. The Balaban J connectivity index is 1.69. The van der Waals surface area contributed by atoms with Crippen molar-refractivity contribution in [2.45, 2.75) is 20.3 Å². The second kappa shape index (κ2) is 6.20. The summed E-state index contributed by atoms with van der Waals surface area (Å²) in [5, 5.41) is 2.80. The van der Waals surface area contributed by atoms with Gasteiger partial charge in [0.25, 0.3) is 0 Å². The summed E-state index contributed by atoms with van der Waals surface area (Å²) in [5.41, 5.74) is 2.82. The number of amides is 2. The second-order valence-corrected chi connectivity index (χ2v) is 5.89. The van der Waals surface area contributed by atoms with E-state index in [1.54, 1.807) is 11.0 Å². The Bertz CT molecular complexity index is 740. The summed E-state index contributed by atoms with van der Waals surface area (Å²) in [6, 6.07) is 13.2. The van der Waals surface area contributed by atoms with Crippen LogP contribution in [0.15, 0.2) is 42.5 Å². The van der Waals surface area contributed by atoms with Crippen molar-refractivity contribution >= 4 is 23.3 Å². The maximum absolute atomic E-state index is 12.4. The van der Waals surface area contributed by atoms with Gasteiger partial charge in [-0.2, -0.15) is 0 Å². The lowest BCUT2D eigenvalue weighted by atomic mass is 10.1. The lowest BCUT2D eigenvalue weighted by Crippen LogP contribution is -2.28. The van der Waals surface area contributed by atoms with Crippen molar-refractivity contribution in [2.75, 3.05) is 16.8 Å². The predicted octanol–water partition coefficient (Wildman–Crippen LogP) is 2.69. The number of carbonyl (C=O) groups is 2. The summed E-state index contributed by atoms with van der Waals surface area (Å²) < 4.78 is 0. The third kappa shape index (κ3) is 3.39. The van der Waals surface area contributed by atoms with E-state index in [-0.39, 0.29) is 24.2 Å². The number of carbonyl (C=O) groups excluding carboxylic acids is 2. The molecule has 1 saturated heterocycles. The summed E-state index contributed by atoms with van der Waals surface area (Å²) in [5.74, 6) is -0.0142. The Labute approximate surface area is 135 Å². The zero-order valence-electron chi connectivity index (χ0n) is 13.2. The number of nitrogens with zero attached hydrogens (tertiary/aromatic N) is 2. The molecule has 5 nitrogen and oxygen atoms in total. The number of anilines is 2. The minimum atomic E-state index is -0.355. The largest absolute Gasteiger partial charge is 0.312 e. The fourth-order valence-corrected chi connectivity index (χ4v) is 2.70. The molecule has 1 atom stereocenters. The molecule has 1 aliphatic heterocycles. The number of rotatable bonds is 3. The first-order valence-corrected chi connectivity index (χ1v) is 7.64. The smallest absolute Gasteiger partial charge is 0.230 e. The van der Waals surface area contributed by atoms with Crippen LogP contribution in [-0.4, -0.2) is 23.3 Å². The molecule has 0 spiro atoms. The molecule has 23 heavy (non-hydrogen) atoms. The molecule has 5 heteroatoms. The second-order valence-electron chi connectivity index (χ2n) is 5.89. The van der Waals surface area contributed by atoms with Crippen LogP contribution >= 0.6 is 0 Å². The SMILES string of the molecule is Cc1ccc(N2C[C@H](C(=O)Nc3cccc(C)n3)CC2=O)cc1. The summed E-state index contributed by atoms with van der Waals surface area (Å²) in [7, 11) is 0. The summed E-state index contributed by atoms with van der Waals surface area (Å²) in [6.45, 7) is 4.27. The first-order chi connectivity index (χ1) is 11.0. The number of pyridine rings is 1. The molecule has 2 amide bonds. The zero-order chi connectivity index (χ0) is 16.4. The van der Waals surface area contributed by atoms with Crippen LogP contribution in [0.4, 0.5) is 11.5 Å². The molecule has 0 radical (unpaired) electrons. The van der Waals surface area contributed by atoms with Crippen LogP contribution in [0.1, 0.15) is 17.7 Å². The van der Waals surface area contributed by atoms with Gasteiger partial charge in [0.2, 0.25) is 11.8 Å². The Morgan fingerprint density at radius 1 is 1.17 bits per heavy atom. The maximum atomic E-state index is 12.4. The van der Waals surface area contributed by atoms with Crippen LogP contribution in [0.3, 0.4) is 0 Å². The molecule has 2 heterocycles. The van der Waals surface area contributed by atoms with Crippen molar-refractivity contribution < 1.29 is 9.59 Å². The quantitative estimate of drug-likeness (QED) is 0.948. The van der Waals surface area contributed by atoms with Crippen LogP contribution < -0.4 is 10.2 Å². The number of benzene rings is 1. The lowest BCUT2D eigenvalue weighted by molar-refractivity contribution is -0.122. The van der Waals surface area contributed by atoms with Crippen LogP contribution in [0.25, 0.3) is 0 Å². The molecule has 0 bridgehead atoms. The molecule has 1 aromatic carbocycles. The van der Waals surface area contributed by atoms with Crippen molar-refractivity contribution in [1.82, 2.24) is 4.98 Å². The van der Waals surface area contributed by atoms with Crippen LogP contribution in [0, 0.1) is 19.8 Å². The fourth-order valence-electron chi connectivity index (χ4n) is 2.70. The number of aryl methyl sites for hydroxylation is 2. The Morgan fingerprint density at radius 2 is 1.91 bits per heavy atom. The summed E-state index contributed by atoms with van der Waals surface area (Å²) in [6.07, 6.45) is 0.228. The number of hydrogen-bond acceptors (Lipinski definition) is 3. The van der Waals surface area contributed by atoms with Gasteiger partial charge in [0.15, 0.2) is 0 Å². The molecule has 1 aromatic heterocycles. The van der Waals surface area contributed by atoms with E-state index in [9.17, 15) is 9.59 Å². The average Bonchev–Trinajstić information content (AvgIpc) is 2.90. The van der Waals surface area contributed by atoms with E-state index in [2.05, 4.69) is 10.3 Å². The highest BCUT2D eigenvalue weighted by atomic mass is 16.2. The van der Waals surface area contributed by atoms with E-state index in [4.69, 9.17) is 0 Å². The fraction of sp³-hybridized carbons (Fsp3) is 0.278. The van der Waals surface area contributed by atoms with Gasteiger partial charge in [0.1, 0.15) is 5.82 Å². The average molecular weight is 309 g/mol. The van der Waals surface area contributed by atoms with Crippen molar-refractivity contribution in [3.05, 3.63) is 53.7 Å². The molecular formula is C18H19N3O2. The van der Waals surface area contributed by atoms with Crippen LogP contribution in [-0.2, 0) is 9.59 Å². The Morgan fingerprint density at radius 3 is 2.61 bits per heavy atom. The van der Waals surface area contributed by atoms with Gasteiger partial charge in [-0.15, -0.1) is 0 Å². The molecule has 0 saturated carbocycles. The molecule has 1 fully saturated rings. The normalized spacial score (nSPS) is 17.4. The first kappa shape index (κ1) is 15.2. The molecule has 3 rings (SSSR count). The maximum Gasteiger partial charge on any atom is 0.230 e. The van der Waals surface area contributed by atoms with Crippen LogP contribution in [0.5, 0.6) is 0 Å². The van der Waals surface area contributed by atoms with E-state index < -0.39 is 0 Å². The van der Waals surface area contributed by atoms with Crippen molar-refractivity contribution in [3.8, 4) is 0 Å². The van der Waals surface area contributed by atoms with E-state index in [1.165, 1.54) is 0 Å². The highest BCUT2D eigenvalue weighted by Crippen LogP contribution is 2.26. The first-order valence-electron chi connectivity index (χ1n) is 7.64. The van der Waals surface area contributed by atoms with Gasteiger partial charge < -0.3 is 10.2 Å². The third-order valence-electron chi connectivity index (χ3n) is 3.98. The summed E-state index contributed by atoms with van der Waals surface area (Å²) >= 11 is 0. The van der Waals surface area contributed by atoms with E-state index >= 15 is 0 Å². The summed E-state index contributed by atoms with van der Waals surface area (Å²) in [4.78, 5) is 30.5. The topological polar surface area (TPSA) is 62.3 Å². The molecular weight excluding hydrogens is 290 g/mol.